The summed E-state index contributed by atoms with van der Waals surface area (Å²) in [5.41, 5.74) is 1.46. The van der Waals surface area contributed by atoms with Crippen LogP contribution in [0.25, 0.3) is 16.6 Å². The Labute approximate surface area is 173 Å². The number of benzene rings is 1. The topological polar surface area (TPSA) is 81.9 Å². The van der Waals surface area contributed by atoms with Gasteiger partial charge in [0.2, 0.25) is 5.88 Å². The zero-order chi connectivity index (χ0) is 21.6. The molecule has 4 aromatic rings. The SMILES string of the molecule is O=C1NCC(c2ccc3c(ccn3-c3ccc(C(F)(F)F)nc3)c2)Oc2ncncc21. The predicted molar refractivity (Wildman–Crippen MR) is 104 cm³/mol. The highest BCUT2D eigenvalue weighted by molar-refractivity contribution is 5.96. The van der Waals surface area contributed by atoms with Gasteiger partial charge in [-0.25, -0.2) is 15.0 Å². The van der Waals surface area contributed by atoms with Crippen LogP contribution in [0.4, 0.5) is 13.2 Å². The molecule has 31 heavy (non-hydrogen) atoms. The van der Waals surface area contributed by atoms with E-state index in [0.717, 1.165) is 22.5 Å². The molecule has 1 unspecified atom stereocenters. The molecule has 0 spiro atoms. The number of hydrogen-bond donors (Lipinski definition) is 1. The first-order chi connectivity index (χ1) is 14.9. The Morgan fingerprint density at radius 3 is 2.74 bits per heavy atom. The van der Waals surface area contributed by atoms with Crippen molar-refractivity contribution in [3.8, 4) is 11.6 Å². The van der Waals surface area contributed by atoms with E-state index in [2.05, 4.69) is 20.3 Å². The van der Waals surface area contributed by atoms with Crippen molar-refractivity contribution in [1.29, 1.82) is 0 Å². The number of alkyl halides is 3. The van der Waals surface area contributed by atoms with E-state index in [9.17, 15) is 18.0 Å². The highest BCUT2D eigenvalue weighted by atomic mass is 19.4. The van der Waals surface area contributed by atoms with Crippen LogP contribution < -0.4 is 10.1 Å². The smallest absolute Gasteiger partial charge is 0.433 e. The van der Waals surface area contributed by atoms with Gasteiger partial charge < -0.3 is 14.6 Å². The first-order valence-corrected chi connectivity index (χ1v) is 9.29. The number of nitrogens with zero attached hydrogens (tertiary/aromatic N) is 4. The van der Waals surface area contributed by atoms with E-state index in [4.69, 9.17) is 4.74 Å². The standard InChI is InChI=1S/C21H14F3N5O2/c22-21(23,24)18-4-2-14(8-26-18)29-6-5-12-7-13(1-3-16(12)29)17-10-27-19(30)15-9-25-11-28-20(15)31-17/h1-9,11,17H,10H2,(H,27,30). The number of carbonyl (C=O) groups is 1. The molecule has 10 heteroatoms. The molecule has 0 bridgehead atoms. The average Bonchev–Trinajstić information content (AvgIpc) is 3.11. The van der Waals surface area contributed by atoms with Gasteiger partial charge in [-0.3, -0.25) is 4.79 Å². The van der Waals surface area contributed by atoms with Crippen molar-refractivity contribution in [3.63, 3.8) is 0 Å². The summed E-state index contributed by atoms with van der Waals surface area (Å²) in [7, 11) is 0. The zero-order valence-electron chi connectivity index (χ0n) is 15.8. The molecule has 4 heterocycles. The summed E-state index contributed by atoms with van der Waals surface area (Å²) in [6, 6.07) is 9.79. The van der Waals surface area contributed by atoms with E-state index in [1.54, 1.807) is 10.8 Å². The normalized spacial score (nSPS) is 16.4. The minimum Gasteiger partial charge on any atom is -0.467 e. The Bertz CT molecular complexity index is 1280. The van der Waals surface area contributed by atoms with Crippen LogP contribution >= 0.6 is 0 Å². The first-order valence-electron chi connectivity index (χ1n) is 9.29. The lowest BCUT2D eigenvalue weighted by molar-refractivity contribution is -0.141. The van der Waals surface area contributed by atoms with Gasteiger partial charge in [-0.05, 0) is 35.9 Å². The molecule has 1 aliphatic heterocycles. The van der Waals surface area contributed by atoms with Gasteiger partial charge in [0.1, 0.15) is 23.7 Å². The van der Waals surface area contributed by atoms with Gasteiger partial charge >= 0.3 is 6.18 Å². The largest absolute Gasteiger partial charge is 0.467 e. The molecule has 3 aromatic heterocycles. The Kier molecular flexibility index (Phi) is 4.35. The maximum atomic E-state index is 12.8. The number of rotatable bonds is 2. The average molecular weight is 425 g/mol. The van der Waals surface area contributed by atoms with Crippen molar-refractivity contribution in [2.75, 3.05) is 6.54 Å². The molecule has 0 radical (unpaired) electrons. The third kappa shape index (κ3) is 3.45. The van der Waals surface area contributed by atoms with E-state index >= 15 is 0 Å². The number of fused-ring (bicyclic) bond motifs is 2. The van der Waals surface area contributed by atoms with Crippen LogP contribution in [0.2, 0.25) is 0 Å². The summed E-state index contributed by atoms with van der Waals surface area (Å²) in [5.74, 6) is -0.0939. The van der Waals surface area contributed by atoms with Gasteiger partial charge in [0.15, 0.2) is 0 Å². The fourth-order valence-corrected chi connectivity index (χ4v) is 3.49. The van der Waals surface area contributed by atoms with Crippen molar-refractivity contribution in [1.82, 2.24) is 24.8 Å². The first kappa shape index (κ1) is 19.0. The molecule has 0 saturated carbocycles. The maximum Gasteiger partial charge on any atom is 0.433 e. The minimum absolute atomic E-state index is 0.212. The summed E-state index contributed by atoms with van der Waals surface area (Å²) in [4.78, 5) is 23.6. The van der Waals surface area contributed by atoms with Gasteiger partial charge in [-0.2, -0.15) is 13.2 Å². The van der Waals surface area contributed by atoms with Gasteiger partial charge in [-0.1, -0.05) is 6.07 Å². The molecule has 1 atom stereocenters. The number of carbonyl (C=O) groups excluding carboxylic acids is 1. The number of ether oxygens (including phenoxy) is 1. The monoisotopic (exact) mass is 425 g/mol. The molecule has 1 aromatic carbocycles. The van der Waals surface area contributed by atoms with E-state index < -0.39 is 18.0 Å². The Morgan fingerprint density at radius 2 is 1.97 bits per heavy atom. The van der Waals surface area contributed by atoms with Crippen LogP contribution in [0.15, 0.2) is 61.3 Å². The summed E-state index contributed by atoms with van der Waals surface area (Å²) in [6.45, 7) is 0.254. The molecule has 0 aliphatic carbocycles. The van der Waals surface area contributed by atoms with E-state index in [1.807, 2.05) is 24.3 Å². The Balaban J connectivity index is 1.47. The van der Waals surface area contributed by atoms with E-state index in [1.165, 1.54) is 24.8 Å². The van der Waals surface area contributed by atoms with E-state index in [-0.39, 0.29) is 23.9 Å². The van der Waals surface area contributed by atoms with Gasteiger partial charge in [0, 0.05) is 17.8 Å². The van der Waals surface area contributed by atoms with Crippen LogP contribution in [0.5, 0.6) is 5.88 Å². The lowest BCUT2D eigenvalue weighted by atomic mass is 10.1. The van der Waals surface area contributed by atoms with Gasteiger partial charge in [0.05, 0.1) is 23.9 Å². The third-order valence-corrected chi connectivity index (χ3v) is 5.02. The number of aromatic nitrogens is 4. The second kappa shape index (κ2) is 7.08. The highest BCUT2D eigenvalue weighted by Crippen LogP contribution is 2.30. The molecule has 156 valence electrons. The molecule has 1 amide bonds. The number of amides is 1. The van der Waals surface area contributed by atoms with Crippen molar-refractivity contribution in [3.05, 3.63) is 78.1 Å². The molecular formula is C21H14F3N5O2. The molecule has 5 rings (SSSR count). The summed E-state index contributed by atoms with van der Waals surface area (Å²) < 4.78 is 46.0. The number of pyridine rings is 1. The number of nitrogens with one attached hydrogen (secondary N) is 1. The van der Waals surface area contributed by atoms with Crippen LogP contribution in [0.1, 0.15) is 27.7 Å². The van der Waals surface area contributed by atoms with Crippen LogP contribution in [0, 0.1) is 0 Å². The van der Waals surface area contributed by atoms with Crippen molar-refractivity contribution < 1.29 is 22.7 Å². The Morgan fingerprint density at radius 1 is 1.10 bits per heavy atom. The minimum atomic E-state index is -4.48. The fraction of sp³-hybridized carbons (Fsp3) is 0.143. The highest BCUT2D eigenvalue weighted by Gasteiger charge is 2.32. The molecule has 7 nitrogen and oxygen atoms in total. The predicted octanol–water partition coefficient (Wildman–Crippen LogP) is 3.70. The molecule has 0 fully saturated rings. The summed E-state index contributed by atoms with van der Waals surface area (Å²) in [6.07, 6.45) is 0.732. The molecular weight excluding hydrogens is 411 g/mol. The second-order valence-corrected chi connectivity index (χ2v) is 6.96. The summed E-state index contributed by atoms with van der Waals surface area (Å²) in [5, 5.41) is 3.66. The van der Waals surface area contributed by atoms with Crippen LogP contribution in [0.3, 0.4) is 0 Å². The molecule has 1 N–H and O–H groups in total. The van der Waals surface area contributed by atoms with Crippen molar-refractivity contribution in [2.24, 2.45) is 0 Å². The quantitative estimate of drug-likeness (QED) is 0.530. The summed E-state index contributed by atoms with van der Waals surface area (Å²) >= 11 is 0. The lowest BCUT2D eigenvalue weighted by Crippen LogP contribution is -2.27. The fourth-order valence-electron chi connectivity index (χ4n) is 3.49. The molecule has 0 saturated heterocycles. The second-order valence-electron chi connectivity index (χ2n) is 6.96. The Hall–Kier alpha value is -3.95. The number of halogens is 3. The van der Waals surface area contributed by atoms with E-state index in [0.29, 0.717) is 5.69 Å². The van der Waals surface area contributed by atoms with Gasteiger partial charge in [0.25, 0.3) is 5.91 Å². The van der Waals surface area contributed by atoms with Gasteiger partial charge in [-0.15, -0.1) is 0 Å². The lowest BCUT2D eigenvalue weighted by Gasteiger charge is -2.17. The number of hydrogen-bond acceptors (Lipinski definition) is 5. The van der Waals surface area contributed by atoms with Crippen LogP contribution in [-0.4, -0.2) is 32.0 Å². The van der Waals surface area contributed by atoms with Crippen molar-refractivity contribution >= 4 is 16.8 Å². The van der Waals surface area contributed by atoms with Crippen molar-refractivity contribution in [2.45, 2.75) is 12.3 Å². The maximum absolute atomic E-state index is 12.8. The molecule has 1 aliphatic rings. The zero-order valence-corrected chi connectivity index (χ0v) is 15.8. The third-order valence-electron chi connectivity index (χ3n) is 5.02. The van der Waals surface area contributed by atoms with Crippen LogP contribution in [-0.2, 0) is 6.18 Å².